The number of hydrogen-bond acceptors (Lipinski definition) is 24. The van der Waals surface area contributed by atoms with E-state index in [2.05, 4.69) is 69.1 Å². The van der Waals surface area contributed by atoms with E-state index in [-0.39, 0.29) is 31.6 Å². The number of primary amides is 1. The number of carboxylic acid groups (broad SMARTS) is 5. The fourth-order valence-electron chi connectivity index (χ4n) is 11.3. The molecule has 652 valence electrons. The van der Waals surface area contributed by atoms with E-state index in [9.17, 15) is 132 Å². The van der Waals surface area contributed by atoms with Crippen molar-refractivity contribution < 1.29 is 132 Å². The van der Waals surface area contributed by atoms with Crippen LogP contribution in [0.3, 0.4) is 0 Å². The highest BCUT2D eigenvalue weighted by Gasteiger charge is 2.40. The Balaban J connectivity index is 3.47. The number of rotatable bonds is 57. The first-order chi connectivity index (χ1) is 54.2. The van der Waals surface area contributed by atoms with E-state index in [1.54, 1.807) is 51.1 Å². The summed E-state index contributed by atoms with van der Waals surface area (Å²) in [5.74, 6) is -26.0. The Bertz CT molecular complexity index is 3530. The van der Waals surface area contributed by atoms with Crippen LogP contribution in [0.2, 0.25) is 0 Å². The van der Waals surface area contributed by atoms with Gasteiger partial charge in [-0.15, -0.1) is 0 Å². The number of unbranched alkanes of at least 4 members (excludes halogenated alkanes) is 1. The number of aliphatic hydroxyl groups excluding tert-OH is 3. The summed E-state index contributed by atoms with van der Waals surface area (Å²) in [7, 11) is 0. The van der Waals surface area contributed by atoms with Gasteiger partial charge in [0.25, 0.3) is 0 Å². The molecule has 0 saturated carbocycles. The SMILES string of the molecule is CC[C@H](C)[C@H](NC(=O)[C@H](CCC(=O)O)NC(=O)[C@H](CCC(=O)O)NC(=O)[C@@H](NC(=O)[C@@H](N)CCCCN)[C@@H](C)O)C(=O)N[C@@H](CO)C(=O)N[C@@H](CCC(=O)O)C(=O)N[C@H](C(=O)N[C@@H](CC(N)=O)C(=O)NC(CC(C)C)[C@@H](O)CC(=O)N[C@H](C(=O)N[C@@H](C)C(=O)N[C@@H](CCC(=O)O)C(=O)N[C@@H](Cc1ccccc1)C(=O)O)C(C)C)C(C)C. The highest BCUT2D eigenvalue weighted by Crippen LogP contribution is 2.17. The highest BCUT2D eigenvalue weighted by atomic mass is 16.4. The zero-order chi connectivity index (χ0) is 88.5. The molecule has 1 rings (SSSR count). The minimum atomic E-state index is -2.03. The number of benzene rings is 1. The van der Waals surface area contributed by atoms with Crippen molar-refractivity contribution in [2.75, 3.05) is 13.2 Å². The van der Waals surface area contributed by atoms with Crippen molar-refractivity contribution in [2.45, 2.75) is 269 Å². The van der Waals surface area contributed by atoms with Gasteiger partial charge >= 0.3 is 29.8 Å². The third kappa shape index (κ3) is 38.9. The third-order valence-corrected chi connectivity index (χ3v) is 18.2. The van der Waals surface area contributed by atoms with E-state index in [1.807, 2.05) is 0 Å². The number of aliphatic hydroxyl groups is 3. The van der Waals surface area contributed by atoms with Crippen molar-refractivity contribution in [2.24, 2.45) is 40.9 Å². The van der Waals surface area contributed by atoms with Crippen molar-refractivity contribution in [3.05, 3.63) is 35.9 Å². The molecule has 17 atom stereocenters. The maximum atomic E-state index is 14.2. The summed E-state index contributed by atoms with van der Waals surface area (Å²) in [6.07, 6.45) is -9.90. The molecule has 1 unspecified atom stereocenters. The molecule has 27 N–H and O–H groups in total. The maximum absolute atomic E-state index is 14.2. The Hall–Kier alpha value is -11.1. The van der Waals surface area contributed by atoms with Gasteiger partial charge in [-0.1, -0.05) is 98.6 Å². The first-order valence-corrected chi connectivity index (χ1v) is 38.0. The monoisotopic (exact) mass is 1650 g/mol. The molecule has 14 amide bonds. The van der Waals surface area contributed by atoms with Crippen LogP contribution in [0.1, 0.15) is 171 Å². The van der Waals surface area contributed by atoms with Gasteiger partial charge in [0, 0.05) is 32.1 Å². The van der Waals surface area contributed by atoms with Crippen LogP contribution >= 0.6 is 0 Å². The van der Waals surface area contributed by atoms with Gasteiger partial charge in [-0.25, -0.2) is 4.79 Å². The summed E-state index contributed by atoms with van der Waals surface area (Å²) in [5.41, 5.74) is 17.5. The summed E-state index contributed by atoms with van der Waals surface area (Å²) >= 11 is 0. The molecule has 0 heterocycles. The molecule has 43 heteroatoms. The minimum Gasteiger partial charge on any atom is -0.481 e. The Labute approximate surface area is 669 Å². The summed E-state index contributed by atoms with van der Waals surface area (Å²) < 4.78 is 0. The van der Waals surface area contributed by atoms with Crippen LogP contribution in [-0.2, 0) is 97.5 Å². The zero-order valence-corrected chi connectivity index (χ0v) is 66.7. The molecule has 0 aromatic heterocycles. The average Bonchev–Trinajstić information content (AvgIpc) is 0.853. The number of nitrogens with two attached hydrogens (primary N) is 3. The minimum absolute atomic E-state index is 0.0752. The third-order valence-electron chi connectivity index (χ3n) is 18.2. The second kappa shape index (κ2) is 52.4. The summed E-state index contributed by atoms with van der Waals surface area (Å²) in [6.45, 7) is 13.5. The standard InChI is InChI=1S/C73H118N16O27/c1-11-37(8)59(88-66(108)45(23-27-56(101)102)79-63(105)43(21-25-54(97)98)81-72(114)60(39(10)91)89-62(104)41(75)19-15-16-28-74)71(113)85-49(33-90)68(110)80-44(22-26-55(99)100)65(107)87-58(36(6)7)70(112)83-47(31-51(76)93)67(109)82-46(29-34(2)3)50(92)32-52(94)86-57(35(4)5)69(111)77-38(9)61(103)78-42(20-24-53(95)96)64(106)84-48(73(115)116)30-40-17-13-12-14-18-40/h12-14,17-18,34-39,41-50,57-60,90-92H,11,15-16,19-33,74-75H2,1-10H3,(H2,76,93)(H,77,111)(H,78,103)(H,79,105)(H,80,110)(H,81,114)(H,82,109)(H,83,112)(H,84,106)(H,85,113)(H,86,94)(H,87,107)(H,88,108)(H,89,104)(H,95,96)(H,97,98)(H,99,100)(H,101,102)(H,115,116)/t37-,38-,39+,41-,42-,43-,44-,45-,46?,47-,48-,49-,50-,57-,58-,59-,60-/m0/s1. The van der Waals surface area contributed by atoms with Gasteiger partial charge in [0.15, 0.2) is 0 Å². The topological polar surface area (TPSA) is 721 Å². The molecule has 0 aliphatic heterocycles. The number of aliphatic carboxylic acids is 5. The van der Waals surface area contributed by atoms with E-state index in [4.69, 9.17) is 17.2 Å². The molecular weight excluding hydrogens is 1530 g/mol. The number of hydrogen-bond donors (Lipinski definition) is 24. The number of carbonyl (C=O) groups excluding carboxylic acids is 14. The van der Waals surface area contributed by atoms with E-state index in [0.29, 0.717) is 24.9 Å². The van der Waals surface area contributed by atoms with Crippen LogP contribution in [0.5, 0.6) is 0 Å². The van der Waals surface area contributed by atoms with Gasteiger partial charge in [0.05, 0.1) is 43.7 Å². The van der Waals surface area contributed by atoms with Crippen LogP contribution in [-0.4, -0.2) is 263 Å². The fourth-order valence-corrected chi connectivity index (χ4v) is 11.3. The number of nitrogens with one attached hydrogen (secondary N) is 13. The fraction of sp³-hybridized carbons (Fsp3) is 0.658. The van der Waals surface area contributed by atoms with Gasteiger partial charge in [-0.05, 0) is 94.6 Å². The lowest BCUT2D eigenvalue weighted by atomic mass is 9.95. The first kappa shape index (κ1) is 103. The number of amides is 14. The molecule has 1 aromatic rings. The van der Waals surface area contributed by atoms with Gasteiger partial charge in [0.1, 0.15) is 72.5 Å². The summed E-state index contributed by atoms with van der Waals surface area (Å²) in [5, 5.41) is 111. The number of carbonyl (C=O) groups is 19. The molecule has 1 aromatic carbocycles. The van der Waals surface area contributed by atoms with Crippen LogP contribution in [0.4, 0.5) is 0 Å². The van der Waals surface area contributed by atoms with Gasteiger partial charge in [-0.2, -0.15) is 0 Å². The smallest absolute Gasteiger partial charge is 0.326 e. The van der Waals surface area contributed by atoms with Crippen LogP contribution in [0.25, 0.3) is 0 Å². The van der Waals surface area contributed by atoms with Gasteiger partial charge < -0.3 is 127 Å². The molecule has 0 saturated heterocycles. The van der Waals surface area contributed by atoms with E-state index in [1.165, 1.54) is 41.5 Å². The molecule has 0 aliphatic rings. The van der Waals surface area contributed by atoms with E-state index < -0.39 is 298 Å². The van der Waals surface area contributed by atoms with Crippen molar-refractivity contribution in [1.29, 1.82) is 0 Å². The predicted octanol–water partition coefficient (Wildman–Crippen LogP) is -6.04. The van der Waals surface area contributed by atoms with Crippen molar-refractivity contribution in [3.63, 3.8) is 0 Å². The molecule has 0 fully saturated rings. The van der Waals surface area contributed by atoms with Gasteiger partial charge in [-0.3, -0.25) is 86.3 Å². The quantitative estimate of drug-likeness (QED) is 0.0270. The lowest BCUT2D eigenvalue weighted by molar-refractivity contribution is -0.143. The predicted molar refractivity (Wildman–Crippen MR) is 409 cm³/mol. The molecule has 0 spiro atoms. The van der Waals surface area contributed by atoms with Gasteiger partial charge in [0.2, 0.25) is 82.7 Å². The van der Waals surface area contributed by atoms with Crippen LogP contribution in [0, 0.1) is 23.7 Å². The first-order valence-electron chi connectivity index (χ1n) is 38.0. The van der Waals surface area contributed by atoms with Crippen molar-refractivity contribution >= 4 is 113 Å². The molecule has 0 radical (unpaired) electrons. The Morgan fingerprint density at radius 2 is 0.784 bits per heavy atom. The van der Waals surface area contributed by atoms with Crippen molar-refractivity contribution in [3.8, 4) is 0 Å². The molecule has 0 bridgehead atoms. The zero-order valence-electron chi connectivity index (χ0n) is 66.7. The lowest BCUT2D eigenvalue weighted by Crippen LogP contribution is -2.62. The maximum Gasteiger partial charge on any atom is 0.326 e. The molecule has 0 aliphatic carbocycles. The largest absolute Gasteiger partial charge is 0.481 e. The average molecular weight is 1650 g/mol. The van der Waals surface area contributed by atoms with Crippen LogP contribution < -0.4 is 86.3 Å². The molecule has 116 heavy (non-hydrogen) atoms. The number of carboxylic acids is 5. The highest BCUT2D eigenvalue weighted by molar-refractivity contribution is 6.00. The Morgan fingerprint density at radius 1 is 0.405 bits per heavy atom. The second-order valence-corrected chi connectivity index (χ2v) is 29.3. The molecular formula is C73H118N16O27. The normalized spacial score (nSPS) is 15.6. The summed E-state index contributed by atoms with van der Waals surface area (Å²) in [6, 6.07) is -15.0. The molecule has 43 nitrogen and oxygen atoms in total. The van der Waals surface area contributed by atoms with E-state index in [0.717, 1.165) is 6.92 Å². The van der Waals surface area contributed by atoms with E-state index >= 15 is 0 Å². The second-order valence-electron chi connectivity index (χ2n) is 29.3. The lowest BCUT2D eigenvalue weighted by Gasteiger charge is -2.30. The Kier molecular flexibility index (Phi) is 46.5. The van der Waals surface area contributed by atoms with Crippen molar-refractivity contribution in [1.82, 2.24) is 69.1 Å². The van der Waals surface area contributed by atoms with Crippen LogP contribution in [0.15, 0.2) is 30.3 Å². The summed E-state index contributed by atoms with van der Waals surface area (Å²) in [4.78, 5) is 251. The Morgan fingerprint density at radius 3 is 1.21 bits per heavy atom.